The Morgan fingerprint density at radius 2 is 2.28 bits per heavy atom. The molecule has 1 aliphatic rings. The lowest BCUT2D eigenvalue weighted by Crippen LogP contribution is -2.18. The third kappa shape index (κ3) is 3.59. The zero-order valence-corrected chi connectivity index (χ0v) is 11.5. The van der Waals surface area contributed by atoms with Crippen molar-refractivity contribution in [2.45, 2.75) is 46.1 Å². The van der Waals surface area contributed by atoms with Crippen molar-refractivity contribution in [3.8, 4) is 5.88 Å². The maximum atomic E-state index is 5.56. The molecule has 0 saturated heterocycles. The minimum Gasteiger partial charge on any atom is -0.475 e. The van der Waals surface area contributed by atoms with Gasteiger partial charge in [0, 0.05) is 18.8 Å². The number of nitrogens with one attached hydrogen (secondary N) is 1. The fourth-order valence-corrected chi connectivity index (χ4v) is 2.48. The molecule has 100 valence electrons. The monoisotopic (exact) mass is 249 g/mol. The van der Waals surface area contributed by atoms with E-state index < -0.39 is 0 Å². The Balaban J connectivity index is 1.88. The molecule has 4 nitrogen and oxygen atoms in total. The van der Waals surface area contributed by atoms with Gasteiger partial charge < -0.3 is 10.1 Å². The van der Waals surface area contributed by atoms with E-state index in [-0.39, 0.29) is 6.10 Å². The minimum atomic E-state index is 0.141. The predicted molar refractivity (Wildman–Crippen MR) is 72.8 cm³/mol. The quantitative estimate of drug-likeness (QED) is 0.871. The molecule has 0 aliphatic heterocycles. The Morgan fingerprint density at radius 1 is 1.44 bits per heavy atom. The molecule has 1 aromatic heterocycles. The van der Waals surface area contributed by atoms with Crippen molar-refractivity contribution in [3.05, 3.63) is 12.3 Å². The summed E-state index contributed by atoms with van der Waals surface area (Å²) < 4.78 is 5.56. The van der Waals surface area contributed by atoms with Crippen molar-refractivity contribution in [3.63, 3.8) is 0 Å². The SMILES string of the molecule is CC(C)Oc1ccnc(NCC2CCCC2C)n1. The minimum absolute atomic E-state index is 0.141. The molecule has 1 fully saturated rings. The normalized spacial score (nSPS) is 23.3. The lowest BCUT2D eigenvalue weighted by molar-refractivity contribution is 0.232. The van der Waals surface area contributed by atoms with Gasteiger partial charge >= 0.3 is 0 Å². The van der Waals surface area contributed by atoms with Gasteiger partial charge in [-0.15, -0.1) is 0 Å². The lowest BCUT2D eigenvalue weighted by Gasteiger charge is -2.16. The summed E-state index contributed by atoms with van der Waals surface area (Å²) in [7, 11) is 0. The molecule has 1 aliphatic carbocycles. The molecule has 1 aromatic rings. The topological polar surface area (TPSA) is 47.0 Å². The van der Waals surface area contributed by atoms with E-state index in [4.69, 9.17) is 4.74 Å². The van der Waals surface area contributed by atoms with E-state index >= 15 is 0 Å². The lowest BCUT2D eigenvalue weighted by atomic mass is 9.98. The molecule has 18 heavy (non-hydrogen) atoms. The van der Waals surface area contributed by atoms with E-state index in [1.807, 2.05) is 13.8 Å². The summed E-state index contributed by atoms with van der Waals surface area (Å²) >= 11 is 0. The van der Waals surface area contributed by atoms with Gasteiger partial charge in [0.25, 0.3) is 0 Å². The van der Waals surface area contributed by atoms with Crippen LogP contribution in [0.2, 0.25) is 0 Å². The number of anilines is 1. The van der Waals surface area contributed by atoms with Crippen LogP contribution in [0.15, 0.2) is 12.3 Å². The molecule has 4 heteroatoms. The van der Waals surface area contributed by atoms with Crippen molar-refractivity contribution < 1.29 is 4.74 Å². The Labute approximate surface area is 109 Å². The molecule has 0 bridgehead atoms. The summed E-state index contributed by atoms with van der Waals surface area (Å²) in [5.74, 6) is 2.88. The Kier molecular flexibility index (Phi) is 4.39. The molecule has 1 saturated carbocycles. The smallest absolute Gasteiger partial charge is 0.225 e. The van der Waals surface area contributed by atoms with Crippen LogP contribution in [0.5, 0.6) is 5.88 Å². The number of rotatable bonds is 5. The summed E-state index contributed by atoms with van der Waals surface area (Å²) in [6.45, 7) is 7.29. The van der Waals surface area contributed by atoms with Gasteiger partial charge in [0.15, 0.2) is 0 Å². The van der Waals surface area contributed by atoms with Crippen LogP contribution in [0.25, 0.3) is 0 Å². The second-order valence-electron chi connectivity index (χ2n) is 5.43. The number of ether oxygens (including phenoxy) is 1. The highest BCUT2D eigenvalue weighted by Crippen LogP contribution is 2.30. The van der Waals surface area contributed by atoms with Crippen molar-refractivity contribution in [2.75, 3.05) is 11.9 Å². The van der Waals surface area contributed by atoms with E-state index in [1.165, 1.54) is 19.3 Å². The summed E-state index contributed by atoms with van der Waals surface area (Å²) in [5, 5.41) is 3.33. The number of hydrogen-bond acceptors (Lipinski definition) is 4. The zero-order valence-electron chi connectivity index (χ0n) is 11.5. The Morgan fingerprint density at radius 3 is 2.94 bits per heavy atom. The van der Waals surface area contributed by atoms with E-state index in [9.17, 15) is 0 Å². The fourth-order valence-electron chi connectivity index (χ4n) is 2.48. The average molecular weight is 249 g/mol. The molecule has 0 amide bonds. The van der Waals surface area contributed by atoms with Gasteiger partial charge in [-0.1, -0.05) is 19.8 Å². The molecule has 1 heterocycles. The summed E-state index contributed by atoms with van der Waals surface area (Å²) in [5.41, 5.74) is 0. The summed E-state index contributed by atoms with van der Waals surface area (Å²) in [6.07, 6.45) is 5.90. The van der Waals surface area contributed by atoms with Crippen molar-refractivity contribution >= 4 is 5.95 Å². The molecule has 2 rings (SSSR count). The Hall–Kier alpha value is -1.32. The molecule has 2 unspecified atom stereocenters. The highest BCUT2D eigenvalue weighted by atomic mass is 16.5. The van der Waals surface area contributed by atoms with Gasteiger partial charge in [-0.05, 0) is 32.1 Å². The number of nitrogens with zero attached hydrogens (tertiary/aromatic N) is 2. The van der Waals surface area contributed by atoms with Gasteiger partial charge in [-0.25, -0.2) is 4.98 Å². The highest BCUT2D eigenvalue weighted by Gasteiger charge is 2.23. The number of aromatic nitrogens is 2. The molecular weight excluding hydrogens is 226 g/mol. The van der Waals surface area contributed by atoms with Crippen LogP contribution in [-0.2, 0) is 0 Å². The molecule has 0 aromatic carbocycles. The highest BCUT2D eigenvalue weighted by molar-refractivity contribution is 5.27. The van der Waals surface area contributed by atoms with E-state index in [0.29, 0.717) is 11.8 Å². The Bertz CT molecular complexity index is 381. The van der Waals surface area contributed by atoms with Gasteiger partial charge in [0.05, 0.1) is 6.10 Å². The summed E-state index contributed by atoms with van der Waals surface area (Å²) in [4.78, 5) is 8.58. The number of hydrogen-bond donors (Lipinski definition) is 1. The van der Waals surface area contributed by atoms with Crippen molar-refractivity contribution in [2.24, 2.45) is 11.8 Å². The van der Waals surface area contributed by atoms with Crippen LogP contribution in [-0.4, -0.2) is 22.6 Å². The van der Waals surface area contributed by atoms with Crippen LogP contribution in [0, 0.1) is 11.8 Å². The first-order valence-corrected chi connectivity index (χ1v) is 6.88. The summed E-state index contributed by atoms with van der Waals surface area (Å²) in [6, 6.07) is 1.80. The molecule has 0 spiro atoms. The van der Waals surface area contributed by atoms with Gasteiger partial charge in [-0.3, -0.25) is 0 Å². The maximum Gasteiger partial charge on any atom is 0.225 e. The van der Waals surface area contributed by atoms with E-state index in [0.717, 1.165) is 18.4 Å². The van der Waals surface area contributed by atoms with Gasteiger partial charge in [0.2, 0.25) is 11.8 Å². The standard InChI is InChI=1S/C14H23N3O/c1-10(2)18-13-7-8-15-14(17-13)16-9-12-6-4-5-11(12)3/h7-8,10-12H,4-6,9H2,1-3H3,(H,15,16,17). The van der Waals surface area contributed by atoms with E-state index in [1.54, 1.807) is 12.3 Å². The first-order valence-electron chi connectivity index (χ1n) is 6.88. The van der Waals surface area contributed by atoms with Crippen LogP contribution < -0.4 is 10.1 Å². The average Bonchev–Trinajstić information content (AvgIpc) is 2.72. The fraction of sp³-hybridized carbons (Fsp3) is 0.714. The third-order valence-electron chi connectivity index (χ3n) is 3.55. The molecule has 2 atom stereocenters. The van der Waals surface area contributed by atoms with Crippen LogP contribution in [0.3, 0.4) is 0 Å². The van der Waals surface area contributed by atoms with Crippen LogP contribution >= 0.6 is 0 Å². The molecule has 0 radical (unpaired) electrons. The zero-order chi connectivity index (χ0) is 13.0. The predicted octanol–water partition coefficient (Wildman–Crippen LogP) is 3.11. The van der Waals surface area contributed by atoms with Gasteiger partial charge in [-0.2, -0.15) is 4.98 Å². The third-order valence-corrected chi connectivity index (χ3v) is 3.55. The van der Waals surface area contributed by atoms with E-state index in [2.05, 4.69) is 22.2 Å². The maximum absolute atomic E-state index is 5.56. The van der Waals surface area contributed by atoms with Crippen LogP contribution in [0.4, 0.5) is 5.95 Å². The first kappa shape index (κ1) is 13.1. The van der Waals surface area contributed by atoms with Crippen molar-refractivity contribution in [1.82, 2.24) is 9.97 Å². The largest absolute Gasteiger partial charge is 0.475 e. The van der Waals surface area contributed by atoms with Crippen LogP contribution in [0.1, 0.15) is 40.0 Å². The molecular formula is C14H23N3O. The second kappa shape index (κ2) is 6.03. The van der Waals surface area contributed by atoms with Gasteiger partial charge in [0.1, 0.15) is 0 Å². The molecule has 1 N–H and O–H groups in total. The van der Waals surface area contributed by atoms with Crippen molar-refractivity contribution in [1.29, 1.82) is 0 Å². The second-order valence-corrected chi connectivity index (χ2v) is 5.43. The first-order chi connectivity index (χ1) is 8.65.